The largest absolute Gasteiger partial charge is 0.368 e. The summed E-state index contributed by atoms with van der Waals surface area (Å²) in [6.07, 6.45) is 1.83. The molecule has 6 nitrogen and oxygen atoms in total. The van der Waals surface area contributed by atoms with Crippen LogP contribution in [0.25, 0.3) is 0 Å². The van der Waals surface area contributed by atoms with E-state index in [-0.39, 0.29) is 5.56 Å². The van der Waals surface area contributed by atoms with Crippen LogP contribution in [0, 0.1) is 11.8 Å². The third kappa shape index (κ3) is 3.00. The first-order valence-electron chi connectivity index (χ1n) is 7.42. The Bertz CT molecular complexity index is 561. The van der Waals surface area contributed by atoms with Gasteiger partial charge >= 0.3 is 0 Å². The highest BCUT2D eigenvalue weighted by atomic mass is 79.9. The van der Waals surface area contributed by atoms with E-state index in [0.29, 0.717) is 22.9 Å². The monoisotopic (exact) mass is 355 g/mol. The highest BCUT2D eigenvalue weighted by molar-refractivity contribution is 9.10. The van der Waals surface area contributed by atoms with Crippen molar-refractivity contribution in [3.63, 3.8) is 0 Å². The van der Waals surface area contributed by atoms with E-state index in [2.05, 4.69) is 31.2 Å². The maximum Gasteiger partial charge on any atom is 0.283 e. The summed E-state index contributed by atoms with van der Waals surface area (Å²) in [5.41, 5.74) is 0.903. The quantitative estimate of drug-likeness (QED) is 0.837. The minimum absolute atomic E-state index is 0.0375. The molecule has 0 saturated carbocycles. The van der Waals surface area contributed by atoms with Crippen LogP contribution in [0.2, 0.25) is 0 Å². The number of anilines is 1. The van der Waals surface area contributed by atoms with Gasteiger partial charge in [-0.15, -0.1) is 0 Å². The standard InChI is InChI=1S/C14H22BrN5O/c1-18(2)3-4-20-14(21)13(15)12(7-17-20)19-8-10-5-16-6-11(10)9-19/h7,10-11,16H,3-6,8-9H2,1-2H3. The number of hydrogen-bond donors (Lipinski definition) is 1. The molecular weight excluding hydrogens is 334 g/mol. The average molecular weight is 356 g/mol. The second kappa shape index (κ2) is 6.06. The first-order chi connectivity index (χ1) is 10.1. The first kappa shape index (κ1) is 15.0. The lowest BCUT2D eigenvalue weighted by atomic mass is 10.0. The fraction of sp³-hybridized carbons (Fsp3) is 0.714. The molecular formula is C14H22BrN5O. The van der Waals surface area contributed by atoms with Gasteiger partial charge in [0.2, 0.25) is 0 Å². The molecule has 21 heavy (non-hydrogen) atoms. The molecule has 0 amide bonds. The Kier molecular flexibility index (Phi) is 4.33. The number of halogens is 1. The maximum absolute atomic E-state index is 12.4. The summed E-state index contributed by atoms with van der Waals surface area (Å²) in [7, 11) is 3.98. The summed E-state index contributed by atoms with van der Waals surface area (Å²) < 4.78 is 2.18. The van der Waals surface area contributed by atoms with Crippen molar-refractivity contribution in [2.45, 2.75) is 6.54 Å². The molecule has 0 radical (unpaired) electrons. The van der Waals surface area contributed by atoms with E-state index in [1.165, 1.54) is 4.68 Å². The van der Waals surface area contributed by atoms with Crippen LogP contribution in [0.3, 0.4) is 0 Å². The van der Waals surface area contributed by atoms with E-state index in [1.807, 2.05) is 25.2 Å². The maximum atomic E-state index is 12.4. The molecule has 2 aliphatic rings. The number of nitrogens with one attached hydrogen (secondary N) is 1. The van der Waals surface area contributed by atoms with Gasteiger partial charge in [0, 0.05) is 32.7 Å². The molecule has 0 spiro atoms. The van der Waals surface area contributed by atoms with Crippen molar-refractivity contribution >= 4 is 21.6 Å². The fourth-order valence-electron chi connectivity index (χ4n) is 3.18. The highest BCUT2D eigenvalue weighted by Crippen LogP contribution is 2.32. The van der Waals surface area contributed by atoms with Gasteiger partial charge in [0.15, 0.2) is 0 Å². The minimum Gasteiger partial charge on any atom is -0.368 e. The van der Waals surface area contributed by atoms with Crippen molar-refractivity contribution in [2.75, 3.05) is 51.7 Å². The van der Waals surface area contributed by atoms with Crippen LogP contribution in [-0.2, 0) is 6.54 Å². The van der Waals surface area contributed by atoms with Crippen LogP contribution in [0.1, 0.15) is 0 Å². The third-order valence-electron chi connectivity index (χ3n) is 4.46. The van der Waals surface area contributed by atoms with Crippen LogP contribution >= 0.6 is 15.9 Å². The van der Waals surface area contributed by atoms with Gasteiger partial charge in [-0.05, 0) is 41.9 Å². The zero-order valence-electron chi connectivity index (χ0n) is 12.5. The molecule has 0 aliphatic carbocycles. The molecule has 1 aromatic heterocycles. The molecule has 1 aromatic rings. The number of hydrogen-bond acceptors (Lipinski definition) is 5. The Morgan fingerprint density at radius 2 is 2.05 bits per heavy atom. The van der Waals surface area contributed by atoms with Crippen LogP contribution in [-0.4, -0.2) is 61.5 Å². The van der Waals surface area contributed by atoms with Crippen LogP contribution in [0.4, 0.5) is 5.69 Å². The summed E-state index contributed by atoms with van der Waals surface area (Å²) in [6.45, 7) is 5.62. The number of likely N-dealkylation sites (N-methyl/N-ethyl adjacent to an activating group) is 1. The average Bonchev–Trinajstić information content (AvgIpc) is 3.01. The molecule has 7 heteroatoms. The van der Waals surface area contributed by atoms with Gasteiger partial charge < -0.3 is 15.1 Å². The summed E-state index contributed by atoms with van der Waals surface area (Å²) in [5.74, 6) is 1.40. The molecule has 2 aliphatic heterocycles. The van der Waals surface area contributed by atoms with Gasteiger partial charge in [-0.25, -0.2) is 4.68 Å². The lowest BCUT2D eigenvalue weighted by Crippen LogP contribution is -2.32. The molecule has 2 unspecified atom stereocenters. The summed E-state index contributed by atoms with van der Waals surface area (Å²) in [4.78, 5) is 16.7. The second-order valence-corrected chi connectivity index (χ2v) is 7.05. The van der Waals surface area contributed by atoms with Gasteiger partial charge in [0.05, 0.1) is 18.4 Å². The second-order valence-electron chi connectivity index (χ2n) is 6.26. The topological polar surface area (TPSA) is 53.4 Å². The highest BCUT2D eigenvalue weighted by Gasteiger charge is 2.37. The van der Waals surface area contributed by atoms with Gasteiger partial charge in [-0.3, -0.25) is 4.79 Å². The van der Waals surface area contributed by atoms with E-state index in [1.54, 1.807) is 0 Å². The van der Waals surface area contributed by atoms with E-state index in [9.17, 15) is 4.79 Å². The Morgan fingerprint density at radius 3 is 2.67 bits per heavy atom. The van der Waals surface area contributed by atoms with Crippen LogP contribution in [0.15, 0.2) is 15.5 Å². The number of aromatic nitrogens is 2. The lowest BCUT2D eigenvalue weighted by Gasteiger charge is -2.21. The van der Waals surface area contributed by atoms with Gasteiger partial charge in [0.1, 0.15) is 4.47 Å². The fourth-order valence-corrected chi connectivity index (χ4v) is 3.74. The summed E-state index contributed by atoms with van der Waals surface area (Å²) in [6, 6.07) is 0. The lowest BCUT2D eigenvalue weighted by molar-refractivity contribution is 0.367. The molecule has 116 valence electrons. The van der Waals surface area contributed by atoms with Crippen molar-refractivity contribution in [2.24, 2.45) is 11.8 Å². The van der Waals surface area contributed by atoms with Gasteiger partial charge in [-0.1, -0.05) is 0 Å². The van der Waals surface area contributed by atoms with E-state index in [0.717, 1.165) is 38.4 Å². The zero-order valence-corrected chi connectivity index (χ0v) is 14.1. The predicted molar refractivity (Wildman–Crippen MR) is 86.8 cm³/mol. The van der Waals surface area contributed by atoms with Crippen LogP contribution in [0.5, 0.6) is 0 Å². The van der Waals surface area contributed by atoms with Crippen molar-refractivity contribution in [3.8, 4) is 0 Å². The molecule has 0 aromatic carbocycles. The summed E-state index contributed by atoms with van der Waals surface area (Å²) >= 11 is 3.48. The van der Waals surface area contributed by atoms with Crippen molar-refractivity contribution in [3.05, 3.63) is 21.0 Å². The molecule has 1 N–H and O–H groups in total. The summed E-state index contributed by atoms with van der Waals surface area (Å²) in [5, 5.41) is 7.77. The van der Waals surface area contributed by atoms with Crippen molar-refractivity contribution < 1.29 is 0 Å². The van der Waals surface area contributed by atoms with Crippen LogP contribution < -0.4 is 15.8 Å². The predicted octanol–water partition coefficient (Wildman–Crippen LogP) is 0.223. The molecule has 2 saturated heterocycles. The molecule has 3 rings (SSSR count). The third-order valence-corrected chi connectivity index (χ3v) is 5.20. The molecule has 2 atom stereocenters. The first-order valence-corrected chi connectivity index (χ1v) is 8.21. The molecule has 3 heterocycles. The normalized spacial score (nSPS) is 24.9. The van der Waals surface area contributed by atoms with E-state index in [4.69, 9.17) is 0 Å². The van der Waals surface area contributed by atoms with Crippen molar-refractivity contribution in [1.29, 1.82) is 0 Å². The molecule has 0 bridgehead atoms. The van der Waals surface area contributed by atoms with Gasteiger partial charge in [0.25, 0.3) is 5.56 Å². The minimum atomic E-state index is -0.0375. The van der Waals surface area contributed by atoms with Gasteiger partial charge in [-0.2, -0.15) is 5.10 Å². The SMILES string of the molecule is CN(C)CCn1ncc(N2CC3CNCC3C2)c(Br)c1=O. The Labute approximate surface area is 133 Å². The number of fused-ring (bicyclic) bond motifs is 1. The number of nitrogens with zero attached hydrogens (tertiary/aromatic N) is 4. The van der Waals surface area contributed by atoms with E-state index < -0.39 is 0 Å². The molecule has 2 fully saturated rings. The Morgan fingerprint density at radius 1 is 1.38 bits per heavy atom. The smallest absolute Gasteiger partial charge is 0.283 e. The van der Waals surface area contributed by atoms with Crippen molar-refractivity contribution in [1.82, 2.24) is 20.0 Å². The Balaban J connectivity index is 1.78. The number of rotatable bonds is 4. The Hall–Kier alpha value is -0.920. The van der Waals surface area contributed by atoms with E-state index >= 15 is 0 Å². The zero-order chi connectivity index (χ0) is 15.0.